The quantitative estimate of drug-likeness (QED) is 0.668. The van der Waals surface area contributed by atoms with Crippen LogP contribution in [0.5, 0.6) is 0 Å². The second-order valence-electron chi connectivity index (χ2n) is 7.16. The summed E-state index contributed by atoms with van der Waals surface area (Å²) in [5.41, 5.74) is 4.65. The molecule has 1 aromatic heterocycles. The molecule has 3 rings (SSSR count). The van der Waals surface area contributed by atoms with Crippen LogP contribution in [0.4, 0.5) is 0 Å². The minimum Gasteiger partial charge on any atom is -0.351 e. The molecule has 0 atom stereocenters. The van der Waals surface area contributed by atoms with Crippen molar-refractivity contribution in [2.45, 2.75) is 25.7 Å². The van der Waals surface area contributed by atoms with Crippen molar-refractivity contribution in [2.75, 3.05) is 20.1 Å². The van der Waals surface area contributed by atoms with Crippen LogP contribution in [0.15, 0.2) is 47.4 Å². The van der Waals surface area contributed by atoms with Crippen molar-refractivity contribution in [3.8, 4) is 0 Å². The van der Waals surface area contributed by atoms with Gasteiger partial charge >= 0.3 is 0 Å². The second-order valence-corrected chi connectivity index (χ2v) is 8.93. The molecule has 0 radical (unpaired) electrons. The van der Waals surface area contributed by atoms with Crippen LogP contribution in [-0.2, 0) is 10.0 Å². The van der Waals surface area contributed by atoms with Crippen LogP contribution >= 0.6 is 0 Å². The van der Waals surface area contributed by atoms with E-state index in [1.54, 1.807) is 31.3 Å². The zero-order chi connectivity index (χ0) is 20.5. The zero-order valence-electron chi connectivity index (χ0n) is 16.5. The highest BCUT2D eigenvalue weighted by molar-refractivity contribution is 7.89. The third-order valence-electron chi connectivity index (χ3n) is 4.74. The SMILES string of the molecule is Cc1ccc(S(=O)(=O)NCCN(C)C(=O)c2cc3c(C)cc(C)cc3[nH]2)cc1. The van der Waals surface area contributed by atoms with Crippen LogP contribution in [0.3, 0.4) is 0 Å². The number of hydrogen-bond acceptors (Lipinski definition) is 3. The average molecular weight is 400 g/mol. The van der Waals surface area contributed by atoms with E-state index in [0.29, 0.717) is 5.69 Å². The first-order valence-electron chi connectivity index (χ1n) is 9.09. The Morgan fingerprint density at radius 3 is 2.39 bits per heavy atom. The molecule has 28 heavy (non-hydrogen) atoms. The molecule has 1 amide bonds. The number of aromatic amines is 1. The number of nitrogens with one attached hydrogen (secondary N) is 2. The van der Waals surface area contributed by atoms with Crippen molar-refractivity contribution in [1.29, 1.82) is 0 Å². The molecule has 7 heteroatoms. The molecular formula is C21H25N3O3S. The molecule has 0 unspecified atom stereocenters. The van der Waals surface area contributed by atoms with Crippen LogP contribution in [0.25, 0.3) is 10.9 Å². The maximum absolute atomic E-state index is 12.7. The van der Waals surface area contributed by atoms with Gasteiger partial charge < -0.3 is 9.88 Å². The lowest BCUT2D eigenvalue weighted by Crippen LogP contribution is -2.36. The van der Waals surface area contributed by atoms with Gasteiger partial charge in [0.05, 0.1) is 4.90 Å². The van der Waals surface area contributed by atoms with Crippen molar-refractivity contribution in [3.63, 3.8) is 0 Å². The fourth-order valence-corrected chi connectivity index (χ4v) is 4.19. The van der Waals surface area contributed by atoms with Crippen LogP contribution < -0.4 is 4.72 Å². The molecule has 0 saturated heterocycles. The van der Waals surface area contributed by atoms with Gasteiger partial charge in [0.2, 0.25) is 10.0 Å². The van der Waals surface area contributed by atoms with Crippen LogP contribution in [0.1, 0.15) is 27.2 Å². The number of carbonyl (C=O) groups is 1. The van der Waals surface area contributed by atoms with Crippen LogP contribution in [0, 0.1) is 20.8 Å². The number of benzene rings is 2. The molecule has 148 valence electrons. The topological polar surface area (TPSA) is 82.3 Å². The van der Waals surface area contributed by atoms with E-state index in [1.807, 2.05) is 32.9 Å². The smallest absolute Gasteiger partial charge is 0.270 e. The molecule has 2 aromatic carbocycles. The summed E-state index contributed by atoms with van der Waals surface area (Å²) in [5.74, 6) is -0.178. The summed E-state index contributed by atoms with van der Waals surface area (Å²) < 4.78 is 27.2. The highest BCUT2D eigenvalue weighted by Crippen LogP contribution is 2.22. The Labute approximate surface area is 165 Å². The summed E-state index contributed by atoms with van der Waals surface area (Å²) >= 11 is 0. The molecule has 0 saturated carbocycles. The largest absolute Gasteiger partial charge is 0.351 e. The Hall–Kier alpha value is -2.64. The number of nitrogens with zero attached hydrogens (tertiary/aromatic N) is 1. The average Bonchev–Trinajstić information content (AvgIpc) is 3.05. The number of likely N-dealkylation sites (N-methyl/N-ethyl adjacent to an activating group) is 1. The van der Waals surface area contributed by atoms with Gasteiger partial charge in [0.1, 0.15) is 5.69 Å². The number of carbonyl (C=O) groups excluding carboxylic acids is 1. The molecule has 0 aliphatic carbocycles. The third kappa shape index (κ3) is 4.26. The van der Waals surface area contributed by atoms with E-state index in [4.69, 9.17) is 0 Å². The highest BCUT2D eigenvalue weighted by atomic mass is 32.2. The van der Waals surface area contributed by atoms with Gasteiger partial charge in [-0.25, -0.2) is 13.1 Å². The monoisotopic (exact) mass is 399 g/mol. The Kier molecular flexibility index (Phi) is 5.58. The van der Waals surface area contributed by atoms with Gasteiger partial charge in [-0.15, -0.1) is 0 Å². The molecule has 3 aromatic rings. The summed E-state index contributed by atoms with van der Waals surface area (Å²) in [6.45, 7) is 6.33. The van der Waals surface area contributed by atoms with Gasteiger partial charge in [-0.05, 0) is 56.2 Å². The number of rotatable bonds is 6. The first kappa shape index (κ1) is 20.1. The molecule has 0 bridgehead atoms. The van der Waals surface area contributed by atoms with E-state index in [-0.39, 0.29) is 23.9 Å². The molecule has 2 N–H and O–H groups in total. The number of aryl methyl sites for hydroxylation is 3. The molecule has 0 aliphatic rings. The molecule has 6 nitrogen and oxygen atoms in total. The Morgan fingerprint density at radius 1 is 1.04 bits per heavy atom. The molecule has 1 heterocycles. The fraction of sp³-hybridized carbons (Fsp3) is 0.286. The van der Waals surface area contributed by atoms with E-state index in [0.717, 1.165) is 27.6 Å². The Morgan fingerprint density at radius 2 is 1.71 bits per heavy atom. The van der Waals surface area contributed by atoms with Gasteiger partial charge in [-0.2, -0.15) is 0 Å². The first-order chi connectivity index (χ1) is 13.2. The number of sulfonamides is 1. The lowest BCUT2D eigenvalue weighted by atomic mass is 10.1. The van der Waals surface area contributed by atoms with Gasteiger partial charge in [-0.1, -0.05) is 23.8 Å². The normalized spacial score (nSPS) is 11.7. The predicted molar refractivity (Wildman–Crippen MR) is 111 cm³/mol. The summed E-state index contributed by atoms with van der Waals surface area (Å²) in [6.07, 6.45) is 0. The summed E-state index contributed by atoms with van der Waals surface area (Å²) in [5, 5.41) is 1.02. The number of hydrogen-bond donors (Lipinski definition) is 2. The molecule has 0 spiro atoms. The van der Waals surface area contributed by atoms with Gasteiger partial charge in [0.25, 0.3) is 5.91 Å². The van der Waals surface area contributed by atoms with Gasteiger partial charge in [0.15, 0.2) is 0 Å². The molecular weight excluding hydrogens is 374 g/mol. The minimum atomic E-state index is -3.59. The highest BCUT2D eigenvalue weighted by Gasteiger charge is 2.17. The van der Waals surface area contributed by atoms with E-state index in [2.05, 4.69) is 15.8 Å². The Balaban J connectivity index is 1.64. The van der Waals surface area contributed by atoms with E-state index >= 15 is 0 Å². The number of fused-ring (bicyclic) bond motifs is 1. The van der Waals surface area contributed by atoms with Crippen molar-refractivity contribution in [3.05, 3.63) is 64.8 Å². The van der Waals surface area contributed by atoms with E-state index in [1.165, 1.54) is 4.90 Å². The molecule has 0 fully saturated rings. The predicted octanol–water partition coefficient (Wildman–Crippen LogP) is 3.14. The summed E-state index contributed by atoms with van der Waals surface area (Å²) in [6, 6.07) is 12.6. The van der Waals surface area contributed by atoms with Crippen LogP contribution in [-0.4, -0.2) is 44.3 Å². The lowest BCUT2D eigenvalue weighted by Gasteiger charge is -2.16. The van der Waals surface area contributed by atoms with E-state index in [9.17, 15) is 13.2 Å². The second kappa shape index (κ2) is 7.77. The zero-order valence-corrected chi connectivity index (χ0v) is 17.4. The Bertz CT molecular complexity index is 1120. The fourth-order valence-electron chi connectivity index (χ4n) is 3.17. The van der Waals surface area contributed by atoms with Crippen molar-refractivity contribution in [1.82, 2.24) is 14.6 Å². The standard InChI is InChI=1S/C21H25N3O3S/c1-14-5-7-17(8-6-14)28(26,27)22-9-10-24(4)21(25)20-13-18-16(3)11-15(2)12-19(18)23-20/h5-8,11-13,22-23H,9-10H2,1-4H3. The number of amides is 1. The van der Waals surface area contributed by atoms with Gasteiger partial charge in [-0.3, -0.25) is 4.79 Å². The van der Waals surface area contributed by atoms with Crippen LogP contribution in [0.2, 0.25) is 0 Å². The van der Waals surface area contributed by atoms with E-state index < -0.39 is 10.0 Å². The first-order valence-corrected chi connectivity index (χ1v) is 10.6. The number of H-pyrrole nitrogens is 1. The van der Waals surface area contributed by atoms with Gasteiger partial charge in [0, 0.05) is 31.0 Å². The summed E-state index contributed by atoms with van der Waals surface area (Å²) in [7, 11) is -1.93. The number of aromatic nitrogens is 1. The van der Waals surface area contributed by atoms with Crippen molar-refractivity contribution < 1.29 is 13.2 Å². The summed E-state index contributed by atoms with van der Waals surface area (Å²) in [4.78, 5) is 17.6. The maximum atomic E-state index is 12.7. The van der Waals surface area contributed by atoms with Crippen molar-refractivity contribution in [2.24, 2.45) is 0 Å². The minimum absolute atomic E-state index is 0.136. The molecule has 0 aliphatic heterocycles. The third-order valence-corrected chi connectivity index (χ3v) is 6.21. The lowest BCUT2D eigenvalue weighted by molar-refractivity contribution is 0.0793. The maximum Gasteiger partial charge on any atom is 0.270 e. The van der Waals surface area contributed by atoms with Crippen molar-refractivity contribution >= 4 is 26.8 Å².